The Balaban J connectivity index is 1.03. The minimum Gasteiger partial charge on any atom is -0.456 e. The van der Waals surface area contributed by atoms with Crippen LogP contribution >= 0.6 is 11.3 Å². The number of amidine groups is 2. The van der Waals surface area contributed by atoms with Crippen molar-refractivity contribution in [3.8, 4) is 22.3 Å². The molecule has 1 unspecified atom stereocenters. The molecule has 1 atom stereocenters. The van der Waals surface area contributed by atoms with Crippen molar-refractivity contribution in [2.24, 2.45) is 9.98 Å². The van der Waals surface area contributed by atoms with Crippen molar-refractivity contribution in [1.29, 1.82) is 0 Å². The van der Waals surface area contributed by atoms with Crippen molar-refractivity contribution in [2.75, 3.05) is 0 Å². The molecule has 54 heavy (non-hydrogen) atoms. The van der Waals surface area contributed by atoms with Crippen LogP contribution in [0.2, 0.25) is 0 Å². The van der Waals surface area contributed by atoms with E-state index < -0.39 is 0 Å². The third-order valence-electron chi connectivity index (χ3n) is 10.5. The summed E-state index contributed by atoms with van der Waals surface area (Å²) < 4.78 is 9.08. The first-order valence-electron chi connectivity index (χ1n) is 18.2. The zero-order valence-corrected chi connectivity index (χ0v) is 29.8. The molecular weight excluding hydrogens is 679 g/mol. The number of rotatable bonds is 5. The molecule has 2 aromatic heterocycles. The lowest BCUT2D eigenvalue weighted by atomic mass is 9.98. The monoisotopic (exact) mass is 709 g/mol. The lowest BCUT2D eigenvalue weighted by Gasteiger charge is -2.24. The van der Waals surface area contributed by atoms with Crippen LogP contribution in [-0.4, -0.2) is 11.7 Å². The highest BCUT2D eigenvalue weighted by molar-refractivity contribution is 7.25. The maximum atomic E-state index is 6.58. The molecule has 0 spiro atoms. The summed E-state index contributed by atoms with van der Waals surface area (Å²) in [7, 11) is 0. The van der Waals surface area contributed by atoms with E-state index in [0.29, 0.717) is 5.84 Å². The van der Waals surface area contributed by atoms with Gasteiger partial charge in [0, 0.05) is 42.1 Å². The molecule has 0 radical (unpaired) electrons. The van der Waals surface area contributed by atoms with Gasteiger partial charge >= 0.3 is 0 Å². The Morgan fingerprint density at radius 3 is 2.07 bits per heavy atom. The molecular formula is C49H31N3OS. The first-order valence-corrected chi connectivity index (χ1v) is 19.0. The minimum absolute atomic E-state index is 0.339. The third-order valence-corrected chi connectivity index (χ3v) is 11.7. The molecule has 1 aliphatic heterocycles. The van der Waals surface area contributed by atoms with Gasteiger partial charge in [0.15, 0.2) is 5.84 Å². The van der Waals surface area contributed by atoms with Crippen molar-refractivity contribution >= 4 is 75.9 Å². The van der Waals surface area contributed by atoms with Gasteiger partial charge in [-0.15, -0.1) is 11.3 Å². The number of fused-ring (bicyclic) bond motifs is 7. The van der Waals surface area contributed by atoms with Crippen molar-refractivity contribution in [3.63, 3.8) is 0 Å². The van der Waals surface area contributed by atoms with E-state index in [4.69, 9.17) is 14.4 Å². The quantitative estimate of drug-likeness (QED) is 0.193. The Hall–Kier alpha value is -6.82. The Morgan fingerprint density at radius 1 is 0.481 bits per heavy atom. The van der Waals surface area contributed by atoms with Crippen LogP contribution in [0.4, 0.5) is 0 Å². The van der Waals surface area contributed by atoms with Crippen LogP contribution in [0.1, 0.15) is 22.9 Å². The second kappa shape index (κ2) is 12.4. The summed E-state index contributed by atoms with van der Waals surface area (Å²) >= 11 is 1.81. The first kappa shape index (κ1) is 30.8. The SMILES string of the molecule is c1ccc(-c2ccc(-c3ccc4c(c3)oc3cccc(C5=NC(c6ccc7c(c6)sc6ccccc67)=NC(c6ccc7ccccc7c6)N5)c34)cc2)cc1. The summed E-state index contributed by atoms with van der Waals surface area (Å²) in [6.07, 6.45) is -0.339. The van der Waals surface area contributed by atoms with Crippen molar-refractivity contribution in [1.82, 2.24) is 5.32 Å². The van der Waals surface area contributed by atoms with Gasteiger partial charge in [0.2, 0.25) is 0 Å². The van der Waals surface area contributed by atoms with Crippen molar-refractivity contribution in [2.45, 2.75) is 6.17 Å². The fraction of sp³-hybridized carbons (Fsp3) is 0.0204. The van der Waals surface area contributed by atoms with Gasteiger partial charge in [0.1, 0.15) is 23.2 Å². The normalized spacial score (nSPS) is 14.5. The van der Waals surface area contributed by atoms with Gasteiger partial charge in [0.25, 0.3) is 0 Å². The summed E-state index contributed by atoms with van der Waals surface area (Å²) in [5.74, 6) is 1.47. The fourth-order valence-corrected chi connectivity index (χ4v) is 8.96. The van der Waals surface area contributed by atoms with E-state index in [0.717, 1.165) is 55.6 Å². The highest BCUT2D eigenvalue weighted by atomic mass is 32.1. The van der Waals surface area contributed by atoms with Gasteiger partial charge < -0.3 is 9.73 Å². The van der Waals surface area contributed by atoms with Gasteiger partial charge in [-0.05, 0) is 75.0 Å². The second-order valence-corrected chi connectivity index (χ2v) is 14.9. The largest absolute Gasteiger partial charge is 0.456 e. The van der Waals surface area contributed by atoms with Crippen LogP contribution in [0.5, 0.6) is 0 Å². The Morgan fingerprint density at radius 2 is 1.19 bits per heavy atom. The second-order valence-electron chi connectivity index (χ2n) is 13.8. The highest BCUT2D eigenvalue weighted by Crippen LogP contribution is 2.38. The van der Waals surface area contributed by atoms with Crippen LogP contribution in [0.15, 0.2) is 190 Å². The van der Waals surface area contributed by atoms with Crippen LogP contribution in [0.25, 0.3) is 75.1 Å². The Labute approximate surface area is 315 Å². The first-order chi connectivity index (χ1) is 26.7. The summed E-state index contributed by atoms with van der Waals surface area (Å²) in [5.41, 5.74) is 9.37. The average molecular weight is 710 g/mol. The predicted octanol–water partition coefficient (Wildman–Crippen LogP) is 12.9. The molecule has 5 heteroatoms. The van der Waals surface area contributed by atoms with Crippen molar-refractivity contribution in [3.05, 3.63) is 193 Å². The lowest BCUT2D eigenvalue weighted by Crippen LogP contribution is -2.33. The molecule has 0 saturated heterocycles. The number of hydrogen-bond acceptors (Lipinski definition) is 5. The van der Waals surface area contributed by atoms with E-state index in [1.807, 2.05) is 29.5 Å². The predicted molar refractivity (Wildman–Crippen MR) is 227 cm³/mol. The molecule has 4 nitrogen and oxygen atoms in total. The number of thiophene rings is 1. The molecule has 0 amide bonds. The number of benzene rings is 8. The zero-order valence-electron chi connectivity index (χ0n) is 29.0. The van der Waals surface area contributed by atoms with Gasteiger partial charge in [-0.3, -0.25) is 0 Å². The molecule has 254 valence electrons. The van der Waals surface area contributed by atoms with Gasteiger partial charge in [-0.1, -0.05) is 140 Å². The smallest absolute Gasteiger partial charge is 0.159 e. The molecule has 1 N–H and O–H groups in total. The van der Waals surface area contributed by atoms with E-state index in [2.05, 4.69) is 163 Å². The van der Waals surface area contributed by atoms with Crippen LogP contribution in [0.3, 0.4) is 0 Å². The van der Waals surface area contributed by atoms with E-state index in [9.17, 15) is 0 Å². The molecule has 0 saturated carbocycles. The van der Waals surface area contributed by atoms with E-state index >= 15 is 0 Å². The van der Waals surface area contributed by atoms with Crippen LogP contribution < -0.4 is 5.32 Å². The molecule has 10 aromatic rings. The topological polar surface area (TPSA) is 49.9 Å². The maximum absolute atomic E-state index is 6.58. The molecule has 11 rings (SSSR count). The number of nitrogens with one attached hydrogen (secondary N) is 1. The van der Waals surface area contributed by atoms with Crippen molar-refractivity contribution < 1.29 is 4.42 Å². The standard InChI is InChI=1S/C49H31N3OS/c1-2-9-30(10-3-1)32-17-19-33(20-18-32)35-23-26-40-43(28-35)53-42-15-8-14-41(46(40)42)49-51-47(36-22-21-31-11-4-5-12-34(31)27-36)50-48(52-49)37-24-25-39-38-13-6-7-16-44(38)54-45(39)29-37/h1-29,47H,(H,50,51,52). The van der Waals surface area contributed by atoms with Crippen LogP contribution in [-0.2, 0) is 0 Å². The maximum Gasteiger partial charge on any atom is 0.159 e. The van der Waals surface area contributed by atoms with E-state index in [-0.39, 0.29) is 6.17 Å². The minimum atomic E-state index is -0.339. The molecule has 1 aliphatic rings. The van der Waals surface area contributed by atoms with Crippen LogP contribution in [0, 0.1) is 0 Å². The number of nitrogens with zero attached hydrogens (tertiary/aromatic N) is 2. The van der Waals surface area contributed by atoms with Gasteiger partial charge in [-0.25, -0.2) is 9.98 Å². The lowest BCUT2D eigenvalue weighted by molar-refractivity contribution is 0.668. The summed E-state index contributed by atoms with van der Waals surface area (Å²) in [6.45, 7) is 0. The van der Waals surface area contributed by atoms with Gasteiger partial charge in [-0.2, -0.15) is 0 Å². The number of furan rings is 1. The summed E-state index contributed by atoms with van der Waals surface area (Å²) in [4.78, 5) is 10.5. The molecule has 3 heterocycles. The Bertz CT molecular complexity index is 3140. The molecule has 0 fully saturated rings. The Kier molecular flexibility index (Phi) is 7.07. The molecule has 8 aromatic carbocycles. The number of aliphatic imine (C=N–C) groups is 2. The zero-order chi connectivity index (χ0) is 35.6. The van der Waals surface area contributed by atoms with E-state index in [1.165, 1.54) is 42.1 Å². The highest BCUT2D eigenvalue weighted by Gasteiger charge is 2.24. The van der Waals surface area contributed by atoms with E-state index in [1.54, 1.807) is 0 Å². The summed E-state index contributed by atoms with van der Waals surface area (Å²) in [6, 6.07) is 62.2. The third kappa shape index (κ3) is 5.20. The average Bonchev–Trinajstić information content (AvgIpc) is 3.81. The van der Waals surface area contributed by atoms with Gasteiger partial charge in [0.05, 0.1) is 0 Å². The number of hydrogen-bond donors (Lipinski definition) is 1. The summed E-state index contributed by atoms with van der Waals surface area (Å²) in [5, 5.41) is 10.7. The molecule has 0 bridgehead atoms. The molecule has 0 aliphatic carbocycles. The fourth-order valence-electron chi connectivity index (χ4n) is 7.82.